The van der Waals surface area contributed by atoms with E-state index in [0.717, 1.165) is 41.2 Å². The fraction of sp³-hybridized carbons (Fsp3) is 0.333. The lowest BCUT2D eigenvalue weighted by Gasteiger charge is -2.52. The zero-order chi connectivity index (χ0) is 27.0. The van der Waals surface area contributed by atoms with Crippen LogP contribution in [-0.4, -0.2) is 58.1 Å². The summed E-state index contributed by atoms with van der Waals surface area (Å²) in [6, 6.07) is 21.6. The Balaban J connectivity index is 1.55. The van der Waals surface area contributed by atoms with Crippen molar-refractivity contribution in [1.82, 2.24) is 4.90 Å². The molecule has 0 aliphatic carbocycles. The first-order valence-electron chi connectivity index (χ1n) is 12.8. The number of amides is 2. The lowest BCUT2D eigenvalue weighted by Crippen LogP contribution is -2.67. The van der Waals surface area contributed by atoms with Crippen molar-refractivity contribution < 1.29 is 19.1 Å². The number of nitrogens with zero attached hydrogens (tertiary/aromatic N) is 3. The molecule has 2 heterocycles. The highest BCUT2D eigenvalue weighted by molar-refractivity contribution is 6.16. The summed E-state index contributed by atoms with van der Waals surface area (Å²) in [4.78, 5) is 31.6. The van der Waals surface area contributed by atoms with Gasteiger partial charge >= 0.3 is 0 Å². The van der Waals surface area contributed by atoms with Gasteiger partial charge in [0.05, 0.1) is 19.9 Å². The minimum Gasteiger partial charge on any atom is -0.493 e. The molecule has 38 heavy (non-hydrogen) atoms. The molecule has 1 saturated heterocycles. The van der Waals surface area contributed by atoms with E-state index in [2.05, 4.69) is 10.2 Å². The van der Waals surface area contributed by atoms with Crippen LogP contribution in [0.2, 0.25) is 0 Å². The average Bonchev–Trinajstić information content (AvgIpc) is 3.37. The maximum Gasteiger partial charge on any atom is 0.241 e. The van der Waals surface area contributed by atoms with Crippen LogP contribution >= 0.6 is 0 Å². The van der Waals surface area contributed by atoms with E-state index < -0.39 is 11.6 Å². The summed E-state index contributed by atoms with van der Waals surface area (Å²) in [7, 11) is 7.24. The van der Waals surface area contributed by atoms with Gasteiger partial charge in [0.15, 0.2) is 17.2 Å². The Bertz CT molecular complexity index is 1300. The van der Waals surface area contributed by atoms with E-state index in [1.807, 2.05) is 85.7 Å². The van der Waals surface area contributed by atoms with Crippen LogP contribution in [0.1, 0.15) is 30.4 Å². The van der Waals surface area contributed by atoms with E-state index in [9.17, 15) is 9.59 Å². The molecule has 2 aliphatic heterocycles. The molecule has 2 bridgehead atoms. The number of methoxy groups -OCH3 is 2. The summed E-state index contributed by atoms with van der Waals surface area (Å²) in [5.74, 6) is 0.754. The van der Waals surface area contributed by atoms with Crippen molar-refractivity contribution in [1.29, 1.82) is 0 Å². The van der Waals surface area contributed by atoms with Crippen LogP contribution in [-0.2, 0) is 15.3 Å². The van der Waals surface area contributed by atoms with Crippen molar-refractivity contribution in [2.45, 2.75) is 24.9 Å². The van der Waals surface area contributed by atoms with Crippen LogP contribution in [0.4, 0.5) is 17.1 Å². The number of ether oxygens (including phenoxy) is 2. The minimum atomic E-state index is -0.817. The Morgan fingerprint density at radius 3 is 2.24 bits per heavy atom. The first kappa shape index (κ1) is 25.6. The van der Waals surface area contributed by atoms with Gasteiger partial charge in [0.25, 0.3) is 0 Å². The van der Waals surface area contributed by atoms with Gasteiger partial charge in [-0.25, -0.2) is 0 Å². The van der Waals surface area contributed by atoms with Crippen molar-refractivity contribution in [3.8, 4) is 11.5 Å². The van der Waals surface area contributed by atoms with Gasteiger partial charge in [0, 0.05) is 30.9 Å². The Labute approximate surface area is 223 Å². The fourth-order valence-corrected chi connectivity index (χ4v) is 5.67. The minimum absolute atomic E-state index is 0.00265. The second-order valence-corrected chi connectivity index (χ2v) is 10.0. The topological polar surface area (TPSA) is 74.4 Å². The summed E-state index contributed by atoms with van der Waals surface area (Å²) < 4.78 is 11.1. The van der Waals surface area contributed by atoms with E-state index in [1.54, 1.807) is 26.0 Å². The van der Waals surface area contributed by atoms with Gasteiger partial charge < -0.3 is 24.6 Å². The lowest BCUT2D eigenvalue weighted by molar-refractivity contribution is -0.128. The zero-order valence-corrected chi connectivity index (χ0v) is 22.5. The van der Waals surface area contributed by atoms with Crippen molar-refractivity contribution in [3.05, 3.63) is 77.9 Å². The third-order valence-corrected chi connectivity index (χ3v) is 7.42. The molecule has 5 rings (SSSR count). The molecule has 0 saturated carbocycles. The van der Waals surface area contributed by atoms with Crippen molar-refractivity contribution >= 4 is 28.9 Å². The van der Waals surface area contributed by atoms with E-state index in [-0.39, 0.29) is 11.8 Å². The largest absolute Gasteiger partial charge is 0.493 e. The summed E-state index contributed by atoms with van der Waals surface area (Å²) in [5, 5.41) is 3.68. The Hall–Kier alpha value is -4.04. The lowest BCUT2D eigenvalue weighted by atomic mass is 9.76. The SMILES string of the molecule is COc1cc2c(cc1OC)N1C(=O)C2C1(Nc1ccccc1)c1ccc(N(CCCN(C)C)C(C)=O)cc1. The van der Waals surface area contributed by atoms with Gasteiger partial charge in [0.2, 0.25) is 11.8 Å². The molecular weight excluding hydrogens is 480 g/mol. The normalized spacial score (nSPS) is 19.2. The van der Waals surface area contributed by atoms with E-state index in [0.29, 0.717) is 18.0 Å². The molecule has 3 aromatic carbocycles. The summed E-state index contributed by atoms with van der Waals surface area (Å²) in [5.41, 5.74) is 3.56. The number of hydrogen-bond donors (Lipinski definition) is 1. The predicted molar refractivity (Wildman–Crippen MR) is 149 cm³/mol. The van der Waals surface area contributed by atoms with Crippen LogP contribution in [0.15, 0.2) is 66.7 Å². The number of anilines is 3. The zero-order valence-electron chi connectivity index (χ0n) is 22.5. The monoisotopic (exact) mass is 514 g/mol. The molecule has 2 amide bonds. The highest BCUT2D eigenvalue weighted by Crippen LogP contribution is 2.64. The van der Waals surface area contributed by atoms with Gasteiger partial charge in [0.1, 0.15) is 5.92 Å². The van der Waals surface area contributed by atoms with Gasteiger partial charge in [-0.2, -0.15) is 0 Å². The van der Waals surface area contributed by atoms with Crippen LogP contribution in [0.25, 0.3) is 0 Å². The Morgan fingerprint density at radius 1 is 0.974 bits per heavy atom. The number of β-lactam (4-membered cyclic amide) rings is 1. The molecule has 1 fully saturated rings. The number of carbonyl (C=O) groups is 2. The number of hydrogen-bond acceptors (Lipinski definition) is 6. The number of fused-ring (bicyclic) bond motifs is 5. The van der Waals surface area contributed by atoms with Crippen LogP contribution in [0.5, 0.6) is 11.5 Å². The van der Waals surface area contributed by atoms with Gasteiger partial charge in [-0.05, 0) is 68.5 Å². The van der Waals surface area contributed by atoms with Crippen molar-refractivity contribution in [3.63, 3.8) is 0 Å². The Morgan fingerprint density at radius 2 is 1.63 bits per heavy atom. The molecule has 8 heteroatoms. The van der Waals surface area contributed by atoms with Gasteiger partial charge in [-0.15, -0.1) is 0 Å². The maximum absolute atomic E-state index is 13.4. The molecular formula is C30H34N4O4. The number of carbonyl (C=O) groups excluding carboxylic acids is 2. The molecule has 0 spiro atoms. The molecule has 198 valence electrons. The second-order valence-electron chi connectivity index (χ2n) is 10.0. The quantitative estimate of drug-likeness (QED) is 0.404. The van der Waals surface area contributed by atoms with E-state index in [4.69, 9.17) is 9.47 Å². The number of rotatable bonds is 10. The smallest absolute Gasteiger partial charge is 0.241 e. The molecule has 2 aliphatic rings. The summed E-state index contributed by atoms with van der Waals surface area (Å²) in [6.45, 7) is 3.13. The third kappa shape index (κ3) is 4.05. The number of benzene rings is 3. The molecule has 2 unspecified atom stereocenters. The highest BCUT2D eigenvalue weighted by atomic mass is 16.5. The molecule has 0 aromatic heterocycles. The van der Waals surface area contributed by atoms with Crippen molar-refractivity contribution in [2.75, 3.05) is 56.5 Å². The first-order valence-corrected chi connectivity index (χ1v) is 12.8. The molecule has 2 atom stereocenters. The summed E-state index contributed by atoms with van der Waals surface area (Å²) in [6.07, 6.45) is 0.872. The number of nitrogens with one attached hydrogen (secondary N) is 1. The standard InChI is InChI=1S/C30H34N4O4/c1-20(35)33(17-9-16-32(2)3)23-14-12-21(13-15-23)30(31-22-10-7-6-8-11-22)28-24-18-26(37-4)27(38-5)19-25(24)34(30)29(28)36/h6-8,10-15,18-19,28,31H,9,16-17H2,1-5H3. The average molecular weight is 515 g/mol. The first-order chi connectivity index (χ1) is 18.3. The van der Waals surface area contributed by atoms with Crippen LogP contribution in [0.3, 0.4) is 0 Å². The number of para-hydroxylation sites is 1. The third-order valence-electron chi connectivity index (χ3n) is 7.42. The second kappa shape index (κ2) is 10.0. The van der Waals surface area contributed by atoms with Crippen molar-refractivity contribution in [2.24, 2.45) is 0 Å². The molecule has 3 aromatic rings. The van der Waals surface area contributed by atoms with E-state index in [1.165, 1.54) is 0 Å². The molecule has 0 radical (unpaired) electrons. The van der Waals surface area contributed by atoms with Crippen LogP contribution < -0.4 is 24.6 Å². The van der Waals surface area contributed by atoms with Gasteiger partial charge in [-0.1, -0.05) is 30.3 Å². The molecule has 8 nitrogen and oxygen atoms in total. The van der Waals surface area contributed by atoms with Crippen LogP contribution in [0, 0.1) is 0 Å². The predicted octanol–water partition coefficient (Wildman–Crippen LogP) is 4.42. The fourth-order valence-electron chi connectivity index (χ4n) is 5.67. The van der Waals surface area contributed by atoms with E-state index >= 15 is 0 Å². The molecule has 1 N–H and O–H groups in total. The summed E-state index contributed by atoms with van der Waals surface area (Å²) >= 11 is 0. The maximum atomic E-state index is 13.4. The highest BCUT2D eigenvalue weighted by Gasteiger charge is 2.69. The van der Waals surface area contributed by atoms with Gasteiger partial charge in [-0.3, -0.25) is 14.5 Å². The Kier molecular flexibility index (Phi) is 6.75.